The molecule has 0 fully saturated rings. The Morgan fingerprint density at radius 1 is 1.35 bits per heavy atom. The fourth-order valence-electron chi connectivity index (χ4n) is 1.64. The van der Waals surface area contributed by atoms with Crippen LogP contribution in [0.25, 0.3) is 11.3 Å². The highest BCUT2D eigenvalue weighted by Gasteiger charge is 2.07. The summed E-state index contributed by atoms with van der Waals surface area (Å²) in [4.78, 5) is 11.4. The average molecular weight is 294 g/mol. The molecule has 0 saturated carbocycles. The normalized spacial score (nSPS) is 10.3. The van der Waals surface area contributed by atoms with E-state index in [1.807, 2.05) is 25.2 Å². The molecule has 1 aromatic heterocycles. The first-order valence-corrected chi connectivity index (χ1v) is 5.93. The van der Waals surface area contributed by atoms with E-state index in [0.717, 1.165) is 15.9 Å². The monoisotopic (exact) mass is 293 g/mol. The molecule has 1 amide bonds. The van der Waals surface area contributed by atoms with Crippen molar-refractivity contribution in [1.29, 1.82) is 0 Å². The van der Waals surface area contributed by atoms with Crippen molar-refractivity contribution in [3.63, 3.8) is 0 Å². The number of aryl methyl sites for hydroxylation is 1. The van der Waals surface area contributed by atoms with E-state index in [2.05, 4.69) is 26.3 Å². The second-order valence-corrected chi connectivity index (χ2v) is 4.44. The van der Waals surface area contributed by atoms with E-state index in [0.29, 0.717) is 5.56 Å². The summed E-state index contributed by atoms with van der Waals surface area (Å²) in [5.74, 6) is -0.0808. The number of hydrogen-bond acceptors (Lipinski definition) is 2. The molecular formula is C12H12BrN3O. The number of nitrogens with zero attached hydrogens (tertiary/aromatic N) is 2. The van der Waals surface area contributed by atoms with Crippen molar-refractivity contribution >= 4 is 21.8 Å². The van der Waals surface area contributed by atoms with Crippen LogP contribution in [0.4, 0.5) is 0 Å². The molecular weight excluding hydrogens is 282 g/mol. The maximum absolute atomic E-state index is 11.4. The Kier molecular flexibility index (Phi) is 3.28. The zero-order valence-electron chi connectivity index (χ0n) is 9.57. The van der Waals surface area contributed by atoms with E-state index in [4.69, 9.17) is 0 Å². The Balaban J connectivity index is 2.35. The smallest absolute Gasteiger partial charge is 0.251 e. The maximum Gasteiger partial charge on any atom is 0.251 e. The van der Waals surface area contributed by atoms with E-state index in [9.17, 15) is 4.79 Å². The van der Waals surface area contributed by atoms with Crippen molar-refractivity contribution in [2.75, 3.05) is 7.05 Å². The number of carbonyl (C=O) groups is 1. The molecule has 1 heterocycles. The lowest BCUT2D eigenvalue weighted by atomic mass is 10.1. The zero-order chi connectivity index (χ0) is 12.4. The van der Waals surface area contributed by atoms with Crippen molar-refractivity contribution in [2.45, 2.75) is 0 Å². The van der Waals surface area contributed by atoms with Crippen molar-refractivity contribution in [1.82, 2.24) is 15.1 Å². The molecule has 0 unspecified atom stereocenters. The van der Waals surface area contributed by atoms with Crippen LogP contribution in [0.3, 0.4) is 0 Å². The number of benzene rings is 1. The molecule has 0 atom stereocenters. The summed E-state index contributed by atoms with van der Waals surface area (Å²) in [5.41, 5.74) is 2.68. The van der Waals surface area contributed by atoms with Gasteiger partial charge in [0.15, 0.2) is 0 Å². The molecule has 1 aromatic carbocycles. The lowest BCUT2D eigenvalue weighted by molar-refractivity contribution is 0.0963. The molecule has 0 bridgehead atoms. The highest BCUT2D eigenvalue weighted by Crippen LogP contribution is 2.22. The average Bonchev–Trinajstić information content (AvgIpc) is 2.68. The van der Waals surface area contributed by atoms with Crippen LogP contribution in [0.1, 0.15) is 10.4 Å². The lowest BCUT2D eigenvalue weighted by Gasteiger charge is -2.03. The van der Waals surface area contributed by atoms with Crippen LogP contribution in [-0.4, -0.2) is 22.7 Å². The van der Waals surface area contributed by atoms with Crippen molar-refractivity contribution < 1.29 is 4.79 Å². The van der Waals surface area contributed by atoms with Crippen molar-refractivity contribution in [3.05, 3.63) is 40.5 Å². The third kappa shape index (κ3) is 2.39. The third-order valence-electron chi connectivity index (χ3n) is 2.52. The topological polar surface area (TPSA) is 46.9 Å². The molecule has 1 N–H and O–H groups in total. The molecule has 5 heteroatoms. The highest BCUT2D eigenvalue weighted by molar-refractivity contribution is 9.10. The van der Waals surface area contributed by atoms with Crippen molar-refractivity contribution in [2.24, 2.45) is 7.05 Å². The first kappa shape index (κ1) is 11.9. The number of aromatic nitrogens is 2. The number of carbonyl (C=O) groups excluding carboxylic acids is 1. The van der Waals surface area contributed by atoms with Gasteiger partial charge in [0, 0.05) is 19.7 Å². The van der Waals surface area contributed by atoms with Crippen LogP contribution in [0.15, 0.2) is 34.9 Å². The lowest BCUT2D eigenvalue weighted by Crippen LogP contribution is -2.17. The largest absolute Gasteiger partial charge is 0.355 e. The van der Waals surface area contributed by atoms with Gasteiger partial charge in [-0.1, -0.05) is 12.1 Å². The van der Waals surface area contributed by atoms with Gasteiger partial charge in [0.2, 0.25) is 0 Å². The second-order valence-electron chi connectivity index (χ2n) is 3.63. The van der Waals surface area contributed by atoms with Gasteiger partial charge in [-0.25, -0.2) is 0 Å². The van der Waals surface area contributed by atoms with Crippen LogP contribution < -0.4 is 5.32 Å². The number of amides is 1. The van der Waals surface area contributed by atoms with E-state index in [-0.39, 0.29) is 5.91 Å². The summed E-state index contributed by atoms with van der Waals surface area (Å²) in [6, 6.07) is 9.36. The zero-order valence-corrected chi connectivity index (χ0v) is 11.2. The second kappa shape index (κ2) is 4.71. The first-order valence-electron chi connectivity index (χ1n) is 5.14. The number of rotatable bonds is 2. The number of halogens is 1. The van der Waals surface area contributed by atoms with Crippen LogP contribution in [0.2, 0.25) is 0 Å². The fraction of sp³-hybridized carbons (Fsp3) is 0.167. The fourth-order valence-corrected chi connectivity index (χ4v) is 2.09. The standard InChI is InChI=1S/C12H12BrN3O/c1-14-12(17)9-5-3-8(4-6-9)10-7-11(13)15-16(10)2/h3-7H,1-2H3,(H,14,17). The molecule has 2 aromatic rings. The van der Waals surface area contributed by atoms with E-state index in [1.54, 1.807) is 23.9 Å². The van der Waals surface area contributed by atoms with Gasteiger partial charge in [0.1, 0.15) is 4.60 Å². The molecule has 0 aliphatic carbocycles. The van der Waals surface area contributed by atoms with Gasteiger partial charge in [0.25, 0.3) is 5.91 Å². The Bertz CT molecular complexity index is 545. The van der Waals surface area contributed by atoms with Crippen LogP contribution in [0.5, 0.6) is 0 Å². The summed E-state index contributed by atoms with van der Waals surface area (Å²) >= 11 is 3.33. The molecule has 0 aliphatic heterocycles. The van der Waals surface area contributed by atoms with E-state index < -0.39 is 0 Å². The van der Waals surface area contributed by atoms with Crippen LogP contribution in [0, 0.1) is 0 Å². The quantitative estimate of drug-likeness (QED) is 0.923. The predicted molar refractivity (Wildman–Crippen MR) is 69.7 cm³/mol. The minimum Gasteiger partial charge on any atom is -0.355 e. The number of nitrogens with one attached hydrogen (secondary N) is 1. The predicted octanol–water partition coefficient (Wildman–Crippen LogP) is 2.21. The number of hydrogen-bond donors (Lipinski definition) is 1. The maximum atomic E-state index is 11.4. The van der Waals surface area contributed by atoms with Gasteiger partial charge >= 0.3 is 0 Å². The van der Waals surface area contributed by atoms with Gasteiger partial charge in [0.05, 0.1) is 5.69 Å². The summed E-state index contributed by atoms with van der Waals surface area (Å²) in [7, 11) is 3.50. The van der Waals surface area contributed by atoms with Crippen molar-refractivity contribution in [3.8, 4) is 11.3 Å². The molecule has 4 nitrogen and oxygen atoms in total. The molecule has 0 spiro atoms. The molecule has 2 rings (SSSR count). The van der Waals surface area contributed by atoms with Gasteiger partial charge in [-0.05, 0) is 39.7 Å². The van der Waals surface area contributed by atoms with Gasteiger partial charge in [-0.15, -0.1) is 0 Å². The van der Waals surface area contributed by atoms with E-state index >= 15 is 0 Å². The summed E-state index contributed by atoms with van der Waals surface area (Å²) < 4.78 is 2.59. The first-order chi connectivity index (χ1) is 8.11. The highest BCUT2D eigenvalue weighted by atomic mass is 79.9. The Hall–Kier alpha value is -1.62. The third-order valence-corrected chi connectivity index (χ3v) is 2.91. The van der Waals surface area contributed by atoms with E-state index in [1.165, 1.54) is 0 Å². The molecule has 88 valence electrons. The Labute approximate surface area is 108 Å². The van der Waals surface area contributed by atoms with Crippen LogP contribution in [-0.2, 0) is 7.05 Å². The minimum atomic E-state index is -0.0808. The Morgan fingerprint density at radius 2 is 2.00 bits per heavy atom. The van der Waals surface area contributed by atoms with Gasteiger partial charge < -0.3 is 5.32 Å². The SMILES string of the molecule is CNC(=O)c1ccc(-c2cc(Br)nn2C)cc1. The summed E-state index contributed by atoms with van der Waals surface area (Å²) in [5, 5.41) is 6.81. The summed E-state index contributed by atoms with van der Waals surface area (Å²) in [6.45, 7) is 0. The molecule has 17 heavy (non-hydrogen) atoms. The Morgan fingerprint density at radius 3 is 2.47 bits per heavy atom. The minimum absolute atomic E-state index is 0.0808. The molecule has 0 radical (unpaired) electrons. The molecule has 0 saturated heterocycles. The summed E-state index contributed by atoms with van der Waals surface area (Å²) in [6.07, 6.45) is 0. The molecule has 0 aliphatic rings. The van der Waals surface area contributed by atoms with Crippen LogP contribution >= 0.6 is 15.9 Å². The van der Waals surface area contributed by atoms with Gasteiger partial charge in [-0.3, -0.25) is 9.48 Å². The van der Waals surface area contributed by atoms with Gasteiger partial charge in [-0.2, -0.15) is 5.10 Å².